The Labute approximate surface area is 108 Å². The van der Waals surface area contributed by atoms with Gasteiger partial charge in [-0.25, -0.2) is 0 Å². The summed E-state index contributed by atoms with van der Waals surface area (Å²) in [6.45, 7) is 7.05. The number of carbonyl (C=O) groups is 1. The Morgan fingerprint density at radius 3 is 2.18 bits per heavy atom. The Bertz CT molecular complexity index is 180. The highest BCUT2D eigenvalue weighted by Gasteiger charge is 2.01. The molecule has 1 atom stereocenters. The van der Waals surface area contributed by atoms with Gasteiger partial charge in [-0.3, -0.25) is 4.79 Å². The van der Waals surface area contributed by atoms with Gasteiger partial charge in [0.1, 0.15) is 0 Å². The van der Waals surface area contributed by atoms with E-state index in [2.05, 4.69) is 19.2 Å². The second kappa shape index (κ2) is 11.9. The van der Waals surface area contributed by atoms with E-state index in [-0.39, 0.29) is 5.91 Å². The SMILES string of the molecule is CCCCCCC[C@H](C)CCCCNC(C)=O. The fraction of sp³-hybridized carbons (Fsp3) is 0.933. The van der Waals surface area contributed by atoms with Gasteiger partial charge in [-0.15, -0.1) is 0 Å². The molecule has 0 aromatic carbocycles. The van der Waals surface area contributed by atoms with E-state index in [0.29, 0.717) is 0 Å². The van der Waals surface area contributed by atoms with Crippen molar-refractivity contribution in [3.8, 4) is 0 Å². The van der Waals surface area contributed by atoms with E-state index in [1.54, 1.807) is 6.92 Å². The van der Waals surface area contributed by atoms with Gasteiger partial charge < -0.3 is 5.32 Å². The molecule has 102 valence electrons. The van der Waals surface area contributed by atoms with Crippen LogP contribution in [0.3, 0.4) is 0 Å². The molecule has 1 N–H and O–H groups in total. The molecule has 0 unspecified atom stereocenters. The summed E-state index contributed by atoms with van der Waals surface area (Å²) in [4.78, 5) is 10.7. The molecule has 0 bridgehead atoms. The summed E-state index contributed by atoms with van der Waals surface area (Å²) in [7, 11) is 0. The molecule has 0 saturated heterocycles. The average molecular weight is 241 g/mol. The van der Waals surface area contributed by atoms with E-state index in [0.717, 1.165) is 18.9 Å². The summed E-state index contributed by atoms with van der Waals surface area (Å²) < 4.78 is 0. The van der Waals surface area contributed by atoms with Crippen LogP contribution >= 0.6 is 0 Å². The van der Waals surface area contributed by atoms with Crippen LogP contribution in [0.1, 0.15) is 78.6 Å². The molecular formula is C15H31NO. The van der Waals surface area contributed by atoms with E-state index in [4.69, 9.17) is 0 Å². The molecule has 2 heteroatoms. The van der Waals surface area contributed by atoms with Gasteiger partial charge in [-0.2, -0.15) is 0 Å². The zero-order valence-corrected chi connectivity index (χ0v) is 12.1. The Morgan fingerprint density at radius 1 is 1.00 bits per heavy atom. The third-order valence-corrected chi connectivity index (χ3v) is 3.30. The topological polar surface area (TPSA) is 29.1 Å². The predicted octanol–water partition coefficient (Wildman–Crippen LogP) is 4.29. The molecule has 0 rings (SSSR count). The normalized spacial score (nSPS) is 12.4. The fourth-order valence-corrected chi connectivity index (χ4v) is 2.12. The maximum atomic E-state index is 10.7. The van der Waals surface area contributed by atoms with Crippen molar-refractivity contribution in [2.75, 3.05) is 6.54 Å². The third-order valence-electron chi connectivity index (χ3n) is 3.30. The van der Waals surface area contributed by atoms with E-state index >= 15 is 0 Å². The lowest BCUT2D eigenvalue weighted by molar-refractivity contribution is -0.118. The van der Waals surface area contributed by atoms with Gasteiger partial charge in [-0.1, -0.05) is 65.2 Å². The van der Waals surface area contributed by atoms with Crippen LogP contribution < -0.4 is 5.32 Å². The smallest absolute Gasteiger partial charge is 0.216 e. The van der Waals surface area contributed by atoms with E-state index in [1.807, 2.05) is 0 Å². The number of hydrogen-bond donors (Lipinski definition) is 1. The molecule has 1 amide bonds. The minimum absolute atomic E-state index is 0.0916. The number of carbonyl (C=O) groups excluding carboxylic acids is 1. The van der Waals surface area contributed by atoms with Crippen molar-refractivity contribution >= 4 is 5.91 Å². The molecule has 2 nitrogen and oxygen atoms in total. The molecule has 17 heavy (non-hydrogen) atoms. The highest BCUT2D eigenvalue weighted by atomic mass is 16.1. The Morgan fingerprint density at radius 2 is 1.59 bits per heavy atom. The van der Waals surface area contributed by atoms with Crippen LogP contribution in [0, 0.1) is 5.92 Å². The lowest BCUT2D eigenvalue weighted by atomic mass is 9.97. The van der Waals surface area contributed by atoms with Crippen LogP contribution in [0.15, 0.2) is 0 Å². The molecular weight excluding hydrogens is 210 g/mol. The molecule has 0 saturated carbocycles. The number of unbranched alkanes of at least 4 members (excludes halogenated alkanes) is 5. The van der Waals surface area contributed by atoms with Gasteiger partial charge in [0.25, 0.3) is 0 Å². The molecule has 0 aliphatic rings. The quantitative estimate of drug-likeness (QED) is 0.537. The zero-order valence-electron chi connectivity index (χ0n) is 12.1. The van der Waals surface area contributed by atoms with Crippen molar-refractivity contribution in [3.05, 3.63) is 0 Å². The van der Waals surface area contributed by atoms with Gasteiger partial charge in [0.05, 0.1) is 0 Å². The maximum absolute atomic E-state index is 10.7. The lowest BCUT2D eigenvalue weighted by Gasteiger charge is -2.11. The first-order valence-corrected chi connectivity index (χ1v) is 7.41. The van der Waals surface area contributed by atoms with E-state index < -0.39 is 0 Å². The molecule has 0 aromatic rings. The largest absolute Gasteiger partial charge is 0.356 e. The zero-order chi connectivity index (χ0) is 12.9. The monoisotopic (exact) mass is 241 g/mol. The molecule has 0 heterocycles. The van der Waals surface area contributed by atoms with E-state index in [9.17, 15) is 4.79 Å². The molecule has 0 spiro atoms. The Balaban J connectivity index is 3.17. The second-order valence-electron chi connectivity index (χ2n) is 5.29. The van der Waals surface area contributed by atoms with Crippen LogP contribution in [-0.2, 0) is 4.79 Å². The minimum atomic E-state index is 0.0916. The first kappa shape index (κ1) is 16.5. The van der Waals surface area contributed by atoms with Crippen molar-refractivity contribution in [3.63, 3.8) is 0 Å². The standard InChI is InChI=1S/C15H31NO/c1-4-5-6-7-8-11-14(2)12-9-10-13-16-15(3)17/h14H,4-13H2,1-3H3,(H,16,17)/t14-/m0/s1. The highest BCUT2D eigenvalue weighted by molar-refractivity contribution is 5.72. The summed E-state index contributed by atoms with van der Waals surface area (Å²) in [6.07, 6.45) is 12.0. The number of nitrogens with one attached hydrogen (secondary N) is 1. The van der Waals surface area contributed by atoms with E-state index in [1.165, 1.54) is 51.4 Å². The number of rotatable bonds is 11. The van der Waals surface area contributed by atoms with Gasteiger partial charge >= 0.3 is 0 Å². The van der Waals surface area contributed by atoms with Gasteiger partial charge in [0.2, 0.25) is 5.91 Å². The van der Waals surface area contributed by atoms with Gasteiger partial charge in [-0.05, 0) is 12.3 Å². The first-order chi connectivity index (χ1) is 8.16. The van der Waals surface area contributed by atoms with Gasteiger partial charge in [0.15, 0.2) is 0 Å². The van der Waals surface area contributed by atoms with Crippen molar-refractivity contribution < 1.29 is 4.79 Å². The Kier molecular flexibility index (Phi) is 11.6. The van der Waals surface area contributed by atoms with Crippen LogP contribution in [-0.4, -0.2) is 12.5 Å². The van der Waals surface area contributed by atoms with Gasteiger partial charge in [0, 0.05) is 13.5 Å². The summed E-state index contributed by atoms with van der Waals surface area (Å²) >= 11 is 0. The molecule has 0 fully saturated rings. The summed E-state index contributed by atoms with van der Waals surface area (Å²) in [5, 5.41) is 2.85. The van der Waals surface area contributed by atoms with Crippen LogP contribution in [0.4, 0.5) is 0 Å². The number of hydrogen-bond acceptors (Lipinski definition) is 1. The van der Waals surface area contributed by atoms with Crippen molar-refractivity contribution in [1.29, 1.82) is 0 Å². The van der Waals surface area contributed by atoms with Crippen LogP contribution in [0.2, 0.25) is 0 Å². The summed E-state index contributed by atoms with van der Waals surface area (Å²) in [6, 6.07) is 0. The highest BCUT2D eigenvalue weighted by Crippen LogP contribution is 2.16. The van der Waals surface area contributed by atoms with Crippen molar-refractivity contribution in [2.45, 2.75) is 78.6 Å². The number of amides is 1. The Hall–Kier alpha value is -0.530. The molecule has 0 radical (unpaired) electrons. The molecule has 0 aromatic heterocycles. The lowest BCUT2D eigenvalue weighted by Crippen LogP contribution is -2.20. The van der Waals surface area contributed by atoms with Crippen LogP contribution in [0.25, 0.3) is 0 Å². The van der Waals surface area contributed by atoms with Crippen LogP contribution in [0.5, 0.6) is 0 Å². The van der Waals surface area contributed by atoms with Crippen molar-refractivity contribution in [2.24, 2.45) is 5.92 Å². The third kappa shape index (κ3) is 13.4. The maximum Gasteiger partial charge on any atom is 0.216 e. The average Bonchev–Trinajstić information content (AvgIpc) is 2.28. The molecule has 0 aliphatic heterocycles. The minimum Gasteiger partial charge on any atom is -0.356 e. The first-order valence-electron chi connectivity index (χ1n) is 7.41. The second-order valence-corrected chi connectivity index (χ2v) is 5.29. The summed E-state index contributed by atoms with van der Waals surface area (Å²) in [5.41, 5.74) is 0. The summed E-state index contributed by atoms with van der Waals surface area (Å²) in [5.74, 6) is 0.947. The fourth-order valence-electron chi connectivity index (χ4n) is 2.12. The predicted molar refractivity (Wildman–Crippen MR) is 75.1 cm³/mol. The molecule has 0 aliphatic carbocycles. The van der Waals surface area contributed by atoms with Crippen molar-refractivity contribution in [1.82, 2.24) is 5.32 Å².